The van der Waals surface area contributed by atoms with Crippen molar-refractivity contribution >= 4 is 56.0 Å². The fourth-order valence-corrected chi connectivity index (χ4v) is 4.97. The molecule has 0 radical (unpaired) electrons. The van der Waals surface area contributed by atoms with E-state index in [2.05, 4.69) is 121 Å². The SMILES string of the molecule is C(=N/n1c2ccccc2c2ccccc21)/c1ccc(/C=N/n2c3ccccc3c3ccccc32)cc1. The van der Waals surface area contributed by atoms with Gasteiger partial charge in [0.25, 0.3) is 0 Å². The van der Waals surface area contributed by atoms with Crippen LogP contribution in [0, 0.1) is 0 Å². The fourth-order valence-electron chi connectivity index (χ4n) is 4.97. The van der Waals surface area contributed by atoms with Crippen molar-refractivity contribution in [1.29, 1.82) is 0 Å². The van der Waals surface area contributed by atoms with Gasteiger partial charge in [-0.15, -0.1) is 0 Å². The Labute approximate surface area is 208 Å². The van der Waals surface area contributed by atoms with E-state index in [-0.39, 0.29) is 0 Å². The third-order valence-electron chi connectivity index (χ3n) is 6.69. The van der Waals surface area contributed by atoms with E-state index in [1.807, 2.05) is 21.8 Å². The molecule has 4 nitrogen and oxygen atoms in total. The highest BCUT2D eigenvalue weighted by atomic mass is 15.3. The summed E-state index contributed by atoms with van der Waals surface area (Å²) in [7, 11) is 0. The van der Waals surface area contributed by atoms with Crippen LogP contribution in [-0.4, -0.2) is 21.8 Å². The lowest BCUT2D eigenvalue weighted by molar-refractivity contribution is 0.974. The summed E-state index contributed by atoms with van der Waals surface area (Å²) in [6.45, 7) is 0. The smallest absolute Gasteiger partial charge is 0.0732 e. The van der Waals surface area contributed by atoms with Gasteiger partial charge in [0.15, 0.2) is 0 Å². The van der Waals surface area contributed by atoms with Gasteiger partial charge in [0.05, 0.1) is 34.5 Å². The predicted molar refractivity (Wildman–Crippen MR) is 151 cm³/mol. The molecule has 0 N–H and O–H groups in total. The molecular weight excluding hydrogens is 440 g/mol. The molecule has 0 atom stereocenters. The van der Waals surface area contributed by atoms with Crippen LogP contribution in [0.2, 0.25) is 0 Å². The van der Waals surface area contributed by atoms with Gasteiger partial charge in [-0.25, -0.2) is 9.35 Å². The summed E-state index contributed by atoms with van der Waals surface area (Å²) in [5.74, 6) is 0. The molecule has 2 aromatic heterocycles. The van der Waals surface area contributed by atoms with Gasteiger partial charge in [0.1, 0.15) is 0 Å². The zero-order chi connectivity index (χ0) is 23.9. The molecule has 0 fully saturated rings. The highest BCUT2D eigenvalue weighted by molar-refractivity contribution is 6.09. The van der Waals surface area contributed by atoms with Gasteiger partial charge in [-0.1, -0.05) is 97.1 Å². The molecule has 36 heavy (non-hydrogen) atoms. The number of hydrogen-bond acceptors (Lipinski definition) is 2. The molecule has 0 aliphatic rings. The van der Waals surface area contributed by atoms with Crippen LogP contribution in [0.5, 0.6) is 0 Å². The summed E-state index contributed by atoms with van der Waals surface area (Å²) < 4.78 is 4.03. The van der Waals surface area contributed by atoms with Crippen LogP contribution in [0.1, 0.15) is 11.1 Å². The minimum Gasteiger partial charge on any atom is -0.232 e. The molecular formula is C32H22N4. The Hall–Kier alpha value is -4.96. The second-order valence-corrected chi connectivity index (χ2v) is 8.85. The normalized spacial score (nSPS) is 12.2. The topological polar surface area (TPSA) is 34.6 Å². The molecule has 0 bridgehead atoms. The van der Waals surface area contributed by atoms with Gasteiger partial charge >= 0.3 is 0 Å². The maximum atomic E-state index is 4.83. The van der Waals surface area contributed by atoms with E-state index in [0.29, 0.717) is 0 Å². The van der Waals surface area contributed by atoms with Crippen molar-refractivity contribution in [2.75, 3.05) is 0 Å². The molecule has 5 aromatic carbocycles. The minimum atomic E-state index is 1.03. The monoisotopic (exact) mass is 462 g/mol. The van der Waals surface area contributed by atoms with Crippen molar-refractivity contribution in [1.82, 2.24) is 9.35 Å². The molecule has 7 aromatic rings. The Bertz CT molecular complexity index is 1690. The number of rotatable bonds is 4. The lowest BCUT2D eigenvalue weighted by atomic mass is 10.2. The van der Waals surface area contributed by atoms with Crippen LogP contribution in [0.25, 0.3) is 43.6 Å². The zero-order valence-corrected chi connectivity index (χ0v) is 19.5. The van der Waals surface area contributed by atoms with Crippen molar-refractivity contribution in [2.45, 2.75) is 0 Å². The molecule has 0 spiro atoms. The average Bonchev–Trinajstić information content (AvgIpc) is 3.44. The quantitative estimate of drug-likeness (QED) is 0.241. The van der Waals surface area contributed by atoms with Crippen LogP contribution < -0.4 is 0 Å². The maximum Gasteiger partial charge on any atom is 0.0732 e. The lowest BCUT2D eigenvalue weighted by Gasteiger charge is -2.01. The molecule has 7 rings (SSSR count). The van der Waals surface area contributed by atoms with Gasteiger partial charge in [-0.05, 0) is 35.4 Å². The summed E-state index contributed by atoms with van der Waals surface area (Å²) in [6, 6.07) is 41.8. The van der Waals surface area contributed by atoms with E-state index in [9.17, 15) is 0 Å². The molecule has 0 aliphatic carbocycles. The molecule has 170 valence electrons. The van der Waals surface area contributed by atoms with Crippen LogP contribution in [-0.2, 0) is 0 Å². The number of fused-ring (bicyclic) bond motifs is 6. The number of nitrogens with zero attached hydrogens (tertiary/aromatic N) is 4. The van der Waals surface area contributed by atoms with E-state index < -0.39 is 0 Å². The first-order valence-corrected chi connectivity index (χ1v) is 12.0. The Morgan fingerprint density at radius 2 is 0.639 bits per heavy atom. The molecule has 0 aliphatic heterocycles. The van der Waals surface area contributed by atoms with Crippen LogP contribution >= 0.6 is 0 Å². The Morgan fingerprint density at radius 1 is 0.361 bits per heavy atom. The Morgan fingerprint density at radius 3 is 0.944 bits per heavy atom. The Kier molecular flexibility index (Phi) is 4.74. The first-order valence-electron chi connectivity index (χ1n) is 12.0. The summed E-state index contributed by atoms with van der Waals surface area (Å²) in [5, 5.41) is 14.5. The lowest BCUT2D eigenvalue weighted by Crippen LogP contribution is -1.92. The largest absolute Gasteiger partial charge is 0.232 e. The fraction of sp³-hybridized carbons (Fsp3) is 0. The summed E-state index contributed by atoms with van der Waals surface area (Å²) in [6.07, 6.45) is 3.82. The second-order valence-electron chi connectivity index (χ2n) is 8.85. The highest BCUT2D eigenvalue weighted by Crippen LogP contribution is 2.29. The number of aromatic nitrogens is 2. The predicted octanol–water partition coefficient (Wildman–Crippen LogP) is 7.67. The first-order chi connectivity index (χ1) is 17.9. The zero-order valence-electron chi connectivity index (χ0n) is 19.5. The van der Waals surface area contributed by atoms with Gasteiger partial charge in [-0.3, -0.25) is 0 Å². The van der Waals surface area contributed by atoms with Gasteiger partial charge in [-0.2, -0.15) is 10.2 Å². The highest BCUT2D eigenvalue weighted by Gasteiger charge is 2.09. The van der Waals surface area contributed by atoms with Crippen molar-refractivity contribution < 1.29 is 0 Å². The first kappa shape index (κ1) is 20.4. The molecule has 0 unspecified atom stereocenters. The Balaban J connectivity index is 1.21. The van der Waals surface area contributed by atoms with Crippen molar-refractivity contribution in [2.24, 2.45) is 10.2 Å². The summed E-state index contributed by atoms with van der Waals surface area (Å²) >= 11 is 0. The van der Waals surface area contributed by atoms with E-state index >= 15 is 0 Å². The average molecular weight is 463 g/mol. The van der Waals surface area contributed by atoms with E-state index in [0.717, 1.165) is 33.2 Å². The molecule has 2 heterocycles. The second kappa shape index (κ2) is 8.36. The van der Waals surface area contributed by atoms with Gasteiger partial charge in [0.2, 0.25) is 0 Å². The maximum absolute atomic E-state index is 4.83. The van der Waals surface area contributed by atoms with Crippen LogP contribution in [0.4, 0.5) is 0 Å². The van der Waals surface area contributed by atoms with Crippen molar-refractivity contribution in [3.05, 3.63) is 132 Å². The van der Waals surface area contributed by atoms with E-state index in [1.54, 1.807) is 0 Å². The van der Waals surface area contributed by atoms with E-state index in [1.165, 1.54) is 21.5 Å². The van der Waals surface area contributed by atoms with Gasteiger partial charge in [0, 0.05) is 21.5 Å². The molecule has 4 heteroatoms. The van der Waals surface area contributed by atoms with Crippen molar-refractivity contribution in [3.8, 4) is 0 Å². The number of benzene rings is 5. The standard InChI is InChI=1S/C32H22N4/c1-5-13-29-25(9-1)26-10-2-6-14-30(26)35(29)33-21-23-17-19-24(20-18-23)22-34-36-31-15-7-3-11-27(31)28-12-4-8-16-32(28)36/h1-22H/b33-21-,34-22+. The summed E-state index contributed by atoms with van der Waals surface area (Å²) in [4.78, 5) is 0. The summed E-state index contributed by atoms with van der Waals surface area (Å²) in [5.41, 5.74) is 6.47. The van der Waals surface area contributed by atoms with Crippen LogP contribution in [0.3, 0.4) is 0 Å². The van der Waals surface area contributed by atoms with Crippen molar-refractivity contribution in [3.63, 3.8) is 0 Å². The third kappa shape index (κ3) is 3.31. The third-order valence-corrected chi connectivity index (χ3v) is 6.69. The molecule has 0 amide bonds. The van der Waals surface area contributed by atoms with Gasteiger partial charge < -0.3 is 0 Å². The number of para-hydroxylation sites is 4. The van der Waals surface area contributed by atoms with Crippen LogP contribution in [0.15, 0.2) is 132 Å². The minimum absolute atomic E-state index is 1.03. The van der Waals surface area contributed by atoms with E-state index in [4.69, 9.17) is 10.2 Å². The molecule has 0 saturated carbocycles. The number of hydrogen-bond donors (Lipinski definition) is 0. The molecule has 0 saturated heterocycles.